The van der Waals surface area contributed by atoms with Crippen LogP contribution >= 0.6 is 0 Å². The molecule has 3 N–H and O–H groups in total. The van der Waals surface area contributed by atoms with Gasteiger partial charge in [-0.2, -0.15) is 5.06 Å². The van der Waals surface area contributed by atoms with Crippen LogP contribution in [0.4, 0.5) is 0 Å². The second-order valence-electron chi connectivity index (χ2n) is 1.94. The number of hydrogen-bond donors (Lipinski definition) is 3. The van der Waals surface area contributed by atoms with Crippen LogP contribution in [0.25, 0.3) is 0 Å². The molecule has 7 heteroatoms. The molecular weight excluding hydrogens is 170 g/mol. The van der Waals surface area contributed by atoms with Gasteiger partial charge < -0.3 is 10.2 Å². The van der Waals surface area contributed by atoms with Crippen molar-refractivity contribution in [3.63, 3.8) is 0 Å². The Hall–Kier alpha value is -1.63. The highest BCUT2D eigenvalue weighted by Crippen LogP contribution is 1.96. The van der Waals surface area contributed by atoms with Crippen molar-refractivity contribution in [3.05, 3.63) is 0 Å². The zero-order chi connectivity index (χ0) is 9.89. The Balaban J connectivity index is 4.63. The molecule has 0 aliphatic heterocycles. The largest absolute Gasteiger partial charge is 0.479 e. The molecule has 0 aromatic carbocycles. The summed E-state index contributed by atoms with van der Waals surface area (Å²) in [5, 5.41) is 24.7. The van der Waals surface area contributed by atoms with E-state index in [4.69, 9.17) is 15.4 Å². The third-order valence-corrected chi connectivity index (χ3v) is 1.04. The van der Waals surface area contributed by atoms with Crippen molar-refractivity contribution in [1.82, 2.24) is 5.06 Å². The van der Waals surface area contributed by atoms with Crippen molar-refractivity contribution >= 4 is 17.8 Å². The second kappa shape index (κ2) is 3.67. The van der Waals surface area contributed by atoms with E-state index in [1.165, 1.54) is 0 Å². The summed E-state index contributed by atoms with van der Waals surface area (Å²) in [4.78, 5) is 30.6. The fraction of sp³-hybridized carbons (Fsp3) is 0.400. The molecule has 0 radical (unpaired) electrons. The number of nitrogens with zero attached hydrogens (tertiary/aromatic N) is 1. The SMILES string of the molecule is CC(=O)N(O)C(C(=O)O)C(=O)O. The molecular formula is C5H7NO6. The predicted octanol–water partition coefficient (Wildman–Crippen LogP) is -1.24. The first-order valence-corrected chi connectivity index (χ1v) is 2.82. The standard InChI is InChI=1S/C5H7NO6/c1-2(7)6(12)3(4(8)9)5(10)11/h3,12H,1H3,(H,8,9)(H,10,11). The summed E-state index contributed by atoms with van der Waals surface area (Å²) in [5.74, 6) is -4.66. The minimum atomic E-state index is -2.25. The number of aliphatic carboxylic acids is 2. The molecule has 0 aromatic heterocycles. The van der Waals surface area contributed by atoms with Crippen LogP contribution in [0.2, 0.25) is 0 Å². The molecule has 0 bridgehead atoms. The third kappa shape index (κ3) is 2.20. The number of carbonyl (C=O) groups excluding carboxylic acids is 1. The van der Waals surface area contributed by atoms with Gasteiger partial charge in [0, 0.05) is 6.92 Å². The highest BCUT2D eigenvalue weighted by Gasteiger charge is 2.33. The summed E-state index contributed by atoms with van der Waals surface area (Å²) < 4.78 is 0. The maximum Gasteiger partial charge on any atom is 0.340 e. The van der Waals surface area contributed by atoms with E-state index in [0.29, 0.717) is 0 Å². The van der Waals surface area contributed by atoms with Crippen molar-refractivity contribution in [3.8, 4) is 0 Å². The van der Waals surface area contributed by atoms with E-state index in [0.717, 1.165) is 6.92 Å². The Labute approximate surface area is 66.8 Å². The van der Waals surface area contributed by atoms with E-state index < -0.39 is 23.9 Å². The normalized spacial score (nSPS) is 9.58. The van der Waals surface area contributed by atoms with Gasteiger partial charge in [0.2, 0.25) is 5.91 Å². The van der Waals surface area contributed by atoms with Gasteiger partial charge in [0.05, 0.1) is 0 Å². The Morgan fingerprint density at radius 3 is 1.58 bits per heavy atom. The minimum absolute atomic E-state index is 0.356. The maximum atomic E-state index is 10.3. The van der Waals surface area contributed by atoms with Gasteiger partial charge in [-0.1, -0.05) is 0 Å². The van der Waals surface area contributed by atoms with E-state index in [1.807, 2.05) is 0 Å². The lowest BCUT2D eigenvalue weighted by Gasteiger charge is -2.16. The van der Waals surface area contributed by atoms with Gasteiger partial charge in [0.15, 0.2) is 0 Å². The first-order chi connectivity index (χ1) is 5.37. The Kier molecular flexibility index (Phi) is 3.17. The Morgan fingerprint density at radius 1 is 1.17 bits per heavy atom. The number of carbonyl (C=O) groups is 3. The van der Waals surface area contributed by atoms with Crippen LogP contribution in [0, 0.1) is 0 Å². The summed E-state index contributed by atoms with van der Waals surface area (Å²) in [6.07, 6.45) is 0. The molecule has 0 atom stereocenters. The average molecular weight is 177 g/mol. The summed E-state index contributed by atoms with van der Waals surface area (Å²) in [6, 6.07) is -2.25. The molecule has 0 aliphatic rings. The highest BCUT2D eigenvalue weighted by molar-refractivity contribution is 5.99. The molecule has 0 spiro atoms. The van der Waals surface area contributed by atoms with Crippen molar-refractivity contribution in [2.75, 3.05) is 0 Å². The van der Waals surface area contributed by atoms with Gasteiger partial charge >= 0.3 is 11.9 Å². The van der Waals surface area contributed by atoms with E-state index in [2.05, 4.69) is 0 Å². The summed E-state index contributed by atoms with van der Waals surface area (Å²) in [7, 11) is 0. The quantitative estimate of drug-likeness (QED) is 0.282. The number of hydrogen-bond acceptors (Lipinski definition) is 4. The molecule has 12 heavy (non-hydrogen) atoms. The first-order valence-electron chi connectivity index (χ1n) is 2.82. The zero-order valence-corrected chi connectivity index (χ0v) is 6.09. The van der Waals surface area contributed by atoms with Crippen molar-refractivity contribution in [1.29, 1.82) is 0 Å². The van der Waals surface area contributed by atoms with Crippen LogP contribution in [-0.4, -0.2) is 44.4 Å². The fourth-order valence-corrected chi connectivity index (χ4v) is 0.497. The highest BCUT2D eigenvalue weighted by atomic mass is 16.5. The van der Waals surface area contributed by atoms with Crippen LogP contribution < -0.4 is 0 Å². The lowest BCUT2D eigenvalue weighted by atomic mass is 10.3. The molecule has 0 saturated carbocycles. The summed E-state index contributed by atoms with van der Waals surface area (Å²) >= 11 is 0. The Morgan fingerprint density at radius 2 is 1.50 bits per heavy atom. The molecule has 0 aliphatic carbocycles. The zero-order valence-electron chi connectivity index (χ0n) is 6.09. The third-order valence-electron chi connectivity index (χ3n) is 1.04. The average Bonchev–Trinajstić information content (AvgIpc) is 1.85. The van der Waals surface area contributed by atoms with Crippen molar-refractivity contribution in [2.45, 2.75) is 13.0 Å². The van der Waals surface area contributed by atoms with Gasteiger partial charge in [-0.15, -0.1) is 0 Å². The topological polar surface area (TPSA) is 115 Å². The lowest BCUT2D eigenvalue weighted by molar-refractivity contribution is -0.191. The maximum absolute atomic E-state index is 10.3. The van der Waals surface area contributed by atoms with E-state index in [-0.39, 0.29) is 5.06 Å². The molecule has 1 amide bonds. The van der Waals surface area contributed by atoms with Gasteiger partial charge in [-0.05, 0) is 0 Å². The fourth-order valence-electron chi connectivity index (χ4n) is 0.497. The van der Waals surface area contributed by atoms with Crippen molar-refractivity contribution < 1.29 is 29.8 Å². The first kappa shape index (κ1) is 10.4. The summed E-state index contributed by atoms with van der Waals surface area (Å²) in [5.41, 5.74) is 0. The molecule has 0 rings (SSSR count). The molecule has 0 fully saturated rings. The number of carboxylic acid groups (broad SMARTS) is 2. The molecule has 0 saturated heterocycles. The molecule has 0 unspecified atom stereocenters. The van der Waals surface area contributed by atoms with Crippen LogP contribution in [-0.2, 0) is 14.4 Å². The van der Waals surface area contributed by atoms with E-state index in [1.54, 1.807) is 0 Å². The predicted molar refractivity (Wildman–Crippen MR) is 33.4 cm³/mol. The monoisotopic (exact) mass is 177 g/mol. The minimum Gasteiger partial charge on any atom is -0.479 e. The van der Waals surface area contributed by atoms with Crippen molar-refractivity contribution in [2.24, 2.45) is 0 Å². The molecule has 68 valence electrons. The van der Waals surface area contributed by atoms with Gasteiger partial charge in [-0.25, -0.2) is 9.59 Å². The van der Waals surface area contributed by atoms with Crippen LogP contribution in [0.3, 0.4) is 0 Å². The molecule has 0 heterocycles. The van der Waals surface area contributed by atoms with E-state index >= 15 is 0 Å². The van der Waals surface area contributed by atoms with Gasteiger partial charge in [0.1, 0.15) is 0 Å². The smallest absolute Gasteiger partial charge is 0.340 e. The molecule has 7 nitrogen and oxygen atoms in total. The number of rotatable bonds is 3. The second-order valence-corrected chi connectivity index (χ2v) is 1.94. The molecule has 0 aromatic rings. The van der Waals surface area contributed by atoms with Crippen LogP contribution in [0.5, 0.6) is 0 Å². The summed E-state index contributed by atoms with van der Waals surface area (Å²) in [6.45, 7) is 0.846. The van der Waals surface area contributed by atoms with E-state index in [9.17, 15) is 14.4 Å². The van der Waals surface area contributed by atoms with Crippen LogP contribution in [0.1, 0.15) is 6.92 Å². The van der Waals surface area contributed by atoms with Crippen LogP contribution in [0.15, 0.2) is 0 Å². The number of carboxylic acids is 2. The Bertz CT molecular complexity index is 210. The van der Waals surface area contributed by atoms with Gasteiger partial charge in [0.25, 0.3) is 6.04 Å². The van der Waals surface area contributed by atoms with Gasteiger partial charge in [-0.3, -0.25) is 10.0 Å². The number of hydroxylamine groups is 2. The number of amides is 1. The lowest BCUT2D eigenvalue weighted by Crippen LogP contribution is -2.47.